The maximum absolute atomic E-state index is 12.5. The third kappa shape index (κ3) is 4.05. The van der Waals surface area contributed by atoms with E-state index in [-0.39, 0.29) is 6.10 Å². The number of rotatable bonds is 3. The Morgan fingerprint density at radius 3 is 2.35 bits per heavy atom. The molecule has 1 unspecified atom stereocenters. The molecule has 1 N–H and O–H groups in total. The van der Waals surface area contributed by atoms with E-state index in [0.29, 0.717) is 25.4 Å². The summed E-state index contributed by atoms with van der Waals surface area (Å²) < 4.78 is 43.2. The molecule has 0 radical (unpaired) electrons. The Morgan fingerprint density at radius 1 is 1.09 bits per heavy atom. The molecule has 1 atom stereocenters. The highest BCUT2D eigenvalue weighted by Gasteiger charge is 2.29. The van der Waals surface area contributed by atoms with Crippen LogP contribution in [0.5, 0.6) is 0 Å². The topological polar surface area (TPSA) is 47.0 Å². The minimum absolute atomic E-state index is 0.149. The fourth-order valence-electron chi connectivity index (χ4n) is 2.40. The molecule has 1 fully saturated rings. The van der Waals surface area contributed by atoms with E-state index in [1.54, 1.807) is 12.4 Å². The van der Waals surface area contributed by atoms with Gasteiger partial charge in [-0.3, -0.25) is 0 Å². The highest BCUT2D eigenvalue weighted by Crippen LogP contribution is 2.29. The second kappa shape index (κ2) is 6.64. The summed E-state index contributed by atoms with van der Waals surface area (Å²) >= 11 is 0. The lowest BCUT2D eigenvalue weighted by atomic mass is 10.1. The number of nitrogens with one attached hydrogen (secondary N) is 1. The molecule has 0 aliphatic carbocycles. The van der Waals surface area contributed by atoms with Crippen LogP contribution in [0.25, 0.3) is 0 Å². The number of ether oxygens (including phenoxy) is 1. The SMILES string of the molecule is FC(F)(F)c1ccc(Cc2cnc(C3CNCCO3)nc2)cc1. The molecule has 0 saturated carbocycles. The Morgan fingerprint density at radius 2 is 1.78 bits per heavy atom. The average Bonchev–Trinajstić information content (AvgIpc) is 2.56. The van der Waals surface area contributed by atoms with Crippen LogP contribution in [0.4, 0.5) is 13.2 Å². The van der Waals surface area contributed by atoms with E-state index in [4.69, 9.17) is 4.74 Å². The molecule has 23 heavy (non-hydrogen) atoms. The number of morpholine rings is 1. The zero-order valence-corrected chi connectivity index (χ0v) is 12.3. The number of nitrogens with zero attached hydrogens (tertiary/aromatic N) is 2. The summed E-state index contributed by atoms with van der Waals surface area (Å²) in [5.41, 5.74) is 0.983. The summed E-state index contributed by atoms with van der Waals surface area (Å²) in [7, 11) is 0. The Bertz CT molecular complexity index is 635. The molecule has 7 heteroatoms. The monoisotopic (exact) mass is 323 g/mol. The van der Waals surface area contributed by atoms with Crippen molar-refractivity contribution in [2.75, 3.05) is 19.7 Å². The average molecular weight is 323 g/mol. The normalized spacial score (nSPS) is 18.8. The summed E-state index contributed by atoms with van der Waals surface area (Å²) in [4.78, 5) is 8.60. The van der Waals surface area contributed by atoms with Crippen LogP contribution in [-0.4, -0.2) is 29.7 Å². The second-order valence-corrected chi connectivity index (χ2v) is 5.38. The Balaban J connectivity index is 1.66. The maximum Gasteiger partial charge on any atom is 0.416 e. The summed E-state index contributed by atoms with van der Waals surface area (Å²) in [5, 5.41) is 3.21. The fraction of sp³-hybridized carbons (Fsp3) is 0.375. The van der Waals surface area contributed by atoms with Crippen LogP contribution in [0.15, 0.2) is 36.7 Å². The van der Waals surface area contributed by atoms with Crippen LogP contribution in [0, 0.1) is 0 Å². The molecule has 4 nitrogen and oxygen atoms in total. The smallest absolute Gasteiger partial charge is 0.368 e. The number of hydrogen-bond acceptors (Lipinski definition) is 4. The standard InChI is InChI=1S/C16H16F3N3O/c17-16(18,19)13-3-1-11(2-4-13)7-12-8-21-15(22-9-12)14-10-20-5-6-23-14/h1-4,8-9,14,20H,5-7,10H2. The zero-order chi connectivity index (χ0) is 16.3. The van der Waals surface area contributed by atoms with Crippen LogP contribution >= 0.6 is 0 Å². The van der Waals surface area contributed by atoms with Gasteiger partial charge in [-0.25, -0.2) is 9.97 Å². The van der Waals surface area contributed by atoms with Gasteiger partial charge in [0, 0.05) is 31.9 Å². The first-order chi connectivity index (χ1) is 11.0. The molecule has 1 aliphatic rings. The van der Waals surface area contributed by atoms with Crippen LogP contribution in [0.3, 0.4) is 0 Å². The van der Waals surface area contributed by atoms with E-state index in [1.165, 1.54) is 12.1 Å². The van der Waals surface area contributed by atoms with Crippen LogP contribution in [0.2, 0.25) is 0 Å². The van der Waals surface area contributed by atoms with E-state index in [2.05, 4.69) is 15.3 Å². The fourth-order valence-corrected chi connectivity index (χ4v) is 2.40. The van der Waals surface area contributed by atoms with E-state index >= 15 is 0 Å². The molecule has 0 amide bonds. The minimum atomic E-state index is -4.31. The van der Waals surface area contributed by atoms with E-state index in [9.17, 15) is 13.2 Å². The number of aromatic nitrogens is 2. The van der Waals surface area contributed by atoms with Gasteiger partial charge in [0.25, 0.3) is 0 Å². The Hall–Kier alpha value is -1.99. The van der Waals surface area contributed by atoms with E-state index in [1.807, 2.05) is 0 Å². The largest absolute Gasteiger partial charge is 0.416 e. The molecular formula is C16H16F3N3O. The molecular weight excluding hydrogens is 307 g/mol. The Kier molecular flexibility index (Phi) is 4.58. The molecule has 0 spiro atoms. The van der Waals surface area contributed by atoms with Gasteiger partial charge in [-0.2, -0.15) is 13.2 Å². The lowest BCUT2D eigenvalue weighted by Gasteiger charge is -2.22. The molecule has 3 rings (SSSR count). The van der Waals surface area contributed by atoms with Gasteiger partial charge >= 0.3 is 6.18 Å². The van der Waals surface area contributed by atoms with Gasteiger partial charge in [-0.05, 0) is 23.3 Å². The van der Waals surface area contributed by atoms with Crippen molar-refractivity contribution in [3.63, 3.8) is 0 Å². The quantitative estimate of drug-likeness (QED) is 0.943. The van der Waals surface area contributed by atoms with Crippen molar-refractivity contribution in [3.8, 4) is 0 Å². The van der Waals surface area contributed by atoms with Crippen molar-refractivity contribution in [2.45, 2.75) is 18.7 Å². The predicted molar refractivity (Wildman–Crippen MR) is 77.8 cm³/mol. The Labute approximate surface area is 131 Å². The molecule has 1 aliphatic heterocycles. The number of alkyl halides is 3. The van der Waals surface area contributed by atoms with Gasteiger partial charge in [0.2, 0.25) is 0 Å². The van der Waals surface area contributed by atoms with Crippen LogP contribution in [-0.2, 0) is 17.3 Å². The summed E-state index contributed by atoms with van der Waals surface area (Å²) in [6, 6.07) is 5.13. The van der Waals surface area contributed by atoms with Crippen molar-refractivity contribution < 1.29 is 17.9 Å². The van der Waals surface area contributed by atoms with Crippen molar-refractivity contribution in [1.29, 1.82) is 0 Å². The number of hydrogen-bond donors (Lipinski definition) is 1. The lowest BCUT2D eigenvalue weighted by molar-refractivity contribution is -0.137. The van der Waals surface area contributed by atoms with Crippen molar-refractivity contribution in [1.82, 2.24) is 15.3 Å². The molecule has 1 aromatic heterocycles. The van der Waals surface area contributed by atoms with Crippen LogP contribution in [0.1, 0.15) is 28.6 Å². The van der Waals surface area contributed by atoms with Gasteiger partial charge in [0.15, 0.2) is 5.82 Å². The predicted octanol–water partition coefficient (Wildman–Crippen LogP) is 2.75. The number of benzene rings is 1. The first-order valence-electron chi connectivity index (χ1n) is 7.31. The van der Waals surface area contributed by atoms with Gasteiger partial charge in [-0.1, -0.05) is 12.1 Å². The van der Waals surface area contributed by atoms with Gasteiger partial charge in [0.1, 0.15) is 6.10 Å². The van der Waals surface area contributed by atoms with Crippen molar-refractivity contribution in [3.05, 3.63) is 59.2 Å². The number of halogens is 3. The van der Waals surface area contributed by atoms with Crippen molar-refractivity contribution in [2.24, 2.45) is 0 Å². The van der Waals surface area contributed by atoms with Crippen molar-refractivity contribution >= 4 is 0 Å². The summed E-state index contributed by atoms with van der Waals surface area (Å²) in [5.74, 6) is 0.619. The minimum Gasteiger partial charge on any atom is -0.368 e. The molecule has 1 saturated heterocycles. The van der Waals surface area contributed by atoms with E-state index < -0.39 is 11.7 Å². The highest BCUT2D eigenvalue weighted by atomic mass is 19.4. The molecule has 122 valence electrons. The first-order valence-corrected chi connectivity index (χ1v) is 7.31. The summed E-state index contributed by atoms with van der Waals surface area (Å²) in [6.07, 6.45) is -0.584. The van der Waals surface area contributed by atoms with Crippen LogP contribution < -0.4 is 5.32 Å². The van der Waals surface area contributed by atoms with Gasteiger partial charge in [0.05, 0.1) is 12.2 Å². The van der Waals surface area contributed by atoms with Gasteiger partial charge < -0.3 is 10.1 Å². The molecule has 2 aromatic rings. The highest BCUT2D eigenvalue weighted by molar-refractivity contribution is 5.28. The lowest BCUT2D eigenvalue weighted by Crippen LogP contribution is -2.34. The molecule has 0 bridgehead atoms. The third-order valence-electron chi connectivity index (χ3n) is 3.63. The van der Waals surface area contributed by atoms with E-state index in [0.717, 1.165) is 29.8 Å². The second-order valence-electron chi connectivity index (χ2n) is 5.38. The third-order valence-corrected chi connectivity index (χ3v) is 3.63. The summed E-state index contributed by atoms with van der Waals surface area (Å²) in [6.45, 7) is 2.13. The molecule has 2 heterocycles. The first kappa shape index (κ1) is 15.9. The molecule has 1 aromatic carbocycles. The zero-order valence-electron chi connectivity index (χ0n) is 12.3. The van der Waals surface area contributed by atoms with Gasteiger partial charge in [-0.15, -0.1) is 0 Å². The maximum atomic E-state index is 12.5.